The lowest BCUT2D eigenvalue weighted by atomic mass is 10.0. The molecule has 0 bridgehead atoms. The normalized spacial score (nSPS) is 10.3. The van der Waals surface area contributed by atoms with Gasteiger partial charge in [-0.1, -0.05) is 30.3 Å². The van der Waals surface area contributed by atoms with Crippen molar-refractivity contribution in [3.8, 4) is 28.4 Å². The van der Waals surface area contributed by atoms with Crippen LogP contribution in [0.15, 0.2) is 85.5 Å². The monoisotopic (exact) mass is 402 g/mol. The molecule has 4 nitrogen and oxygen atoms in total. The zero-order valence-electron chi connectivity index (χ0n) is 17.2. The van der Waals surface area contributed by atoms with Gasteiger partial charge in [-0.3, -0.25) is 0 Å². The Kier molecular flexibility index (Phi) is 7.67. The molecule has 3 rings (SSSR count). The molecule has 0 aromatic heterocycles. The number of benzene rings is 3. The van der Waals surface area contributed by atoms with Gasteiger partial charge in [-0.15, -0.1) is 6.58 Å². The molecule has 3 aromatic carbocycles. The van der Waals surface area contributed by atoms with E-state index in [1.54, 1.807) is 43.5 Å². The summed E-state index contributed by atoms with van der Waals surface area (Å²) < 4.78 is 16.3. The third-order valence-corrected chi connectivity index (χ3v) is 4.65. The van der Waals surface area contributed by atoms with Crippen LogP contribution in [-0.4, -0.2) is 19.7 Å². The van der Waals surface area contributed by atoms with Crippen molar-refractivity contribution >= 4 is 5.97 Å². The van der Waals surface area contributed by atoms with Gasteiger partial charge < -0.3 is 14.2 Å². The molecule has 3 aromatic rings. The molecule has 0 fully saturated rings. The summed E-state index contributed by atoms with van der Waals surface area (Å²) in [6.07, 6.45) is 5.06. The van der Waals surface area contributed by atoms with Crippen LogP contribution in [0, 0.1) is 0 Å². The predicted molar refractivity (Wildman–Crippen MR) is 119 cm³/mol. The lowest BCUT2D eigenvalue weighted by Crippen LogP contribution is -2.08. The Hall–Kier alpha value is -3.53. The fraction of sp³-hybridized carbons (Fsp3) is 0.192. The highest BCUT2D eigenvalue weighted by atomic mass is 16.5. The maximum atomic E-state index is 12.4. The fourth-order valence-corrected chi connectivity index (χ4v) is 2.93. The molecule has 0 amide bonds. The summed E-state index contributed by atoms with van der Waals surface area (Å²) >= 11 is 0. The molecular formula is C26H26O4. The molecule has 4 heteroatoms. The zero-order chi connectivity index (χ0) is 21.2. The molecule has 30 heavy (non-hydrogen) atoms. The number of hydrogen-bond donors (Lipinski definition) is 0. The maximum absolute atomic E-state index is 12.4. The molecule has 0 N–H and O–H groups in total. The van der Waals surface area contributed by atoms with E-state index in [0.717, 1.165) is 36.1 Å². The Morgan fingerprint density at radius 2 is 1.37 bits per heavy atom. The molecule has 0 atom stereocenters. The molecule has 0 saturated carbocycles. The highest BCUT2D eigenvalue weighted by molar-refractivity contribution is 5.91. The Morgan fingerprint density at radius 1 is 0.800 bits per heavy atom. The van der Waals surface area contributed by atoms with E-state index in [0.29, 0.717) is 23.7 Å². The fourth-order valence-electron chi connectivity index (χ4n) is 2.93. The van der Waals surface area contributed by atoms with Gasteiger partial charge in [0, 0.05) is 0 Å². The first-order chi connectivity index (χ1) is 14.7. The SMILES string of the molecule is C=CCCCCOc1ccc(-c2ccc(C(=O)Oc3ccc(OC)cc3)cc2)cc1. The van der Waals surface area contributed by atoms with Gasteiger partial charge in [0.15, 0.2) is 0 Å². The van der Waals surface area contributed by atoms with Crippen molar-refractivity contribution in [2.24, 2.45) is 0 Å². The van der Waals surface area contributed by atoms with Crippen LogP contribution in [0.3, 0.4) is 0 Å². The lowest BCUT2D eigenvalue weighted by Gasteiger charge is -2.08. The maximum Gasteiger partial charge on any atom is 0.343 e. The van der Waals surface area contributed by atoms with Gasteiger partial charge >= 0.3 is 5.97 Å². The Bertz CT molecular complexity index is 942. The number of allylic oxidation sites excluding steroid dienone is 1. The van der Waals surface area contributed by atoms with E-state index in [-0.39, 0.29) is 0 Å². The number of hydrogen-bond acceptors (Lipinski definition) is 4. The summed E-state index contributed by atoms with van der Waals surface area (Å²) in [5.41, 5.74) is 2.58. The number of esters is 1. The Balaban J connectivity index is 1.56. The Labute approximate surface area is 177 Å². The second kappa shape index (κ2) is 10.9. The summed E-state index contributed by atoms with van der Waals surface area (Å²) in [4.78, 5) is 12.4. The van der Waals surface area contributed by atoms with Crippen LogP contribution in [0.4, 0.5) is 0 Å². The third-order valence-electron chi connectivity index (χ3n) is 4.65. The first-order valence-corrected chi connectivity index (χ1v) is 10.00. The first kappa shape index (κ1) is 21.2. The highest BCUT2D eigenvalue weighted by Crippen LogP contribution is 2.24. The minimum Gasteiger partial charge on any atom is -0.497 e. The number of rotatable bonds is 10. The Morgan fingerprint density at radius 3 is 1.97 bits per heavy atom. The summed E-state index contributed by atoms with van der Waals surface area (Å²) in [6.45, 7) is 4.43. The lowest BCUT2D eigenvalue weighted by molar-refractivity contribution is 0.0734. The van der Waals surface area contributed by atoms with E-state index < -0.39 is 5.97 Å². The quantitative estimate of drug-likeness (QED) is 0.172. The van der Waals surface area contributed by atoms with Gasteiger partial charge in [-0.25, -0.2) is 4.79 Å². The van der Waals surface area contributed by atoms with E-state index in [2.05, 4.69) is 6.58 Å². The minimum absolute atomic E-state index is 0.396. The van der Waals surface area contributed by atoms with Crippen LogP contribution in [-0.2, 0) is 0 Å². The van der Waals surface area contributed by atoms with Crippen LogP contribution in [0.1, 0.15) is 29.6 Å². The number of methoxy groups -OCH3 is 1. The average molecular weight is 402 g/mol. The zero-order valence-corrected chi connectivity index (χ0v) is 17.2. The van der Waals surface area contributed by atoms with Gasteiger partial charge in [-0.05, 0) is 78.9 Å². The van der Waals surface area contributed by atoms with E-state index in [4.69, 9.17) is 14.2 Å². The molecule has 0 unspecified atom stereocenters. The largest absolute Gasteiger partial charge is 0.497 e. The van der Waals surface area contributed by atoms with Gasteiger partial charge in [0.05, 0.1) is 19.3 Å². The molecule has 0 heterocycles. The summed E-state index contributed by atoms with van der Waals surface area (Å²) in [5, 5.41) is 0. The topological polar surface area (TPSA) is 44.8 Å². The van der Waals surface area contributed by atoms with Crippen LogP contribution in [0.25, 0.3) is 11.1 Å². The van der Waals surface area contributed by atoms with Crippen molar-refractivity contribution in [3.05, 3.63) is 91.0 Å². The second-order valence-corrected chi connectivity index (χ2v) is 6.80. The number of carbonyl (C=O) groups excluding carboxylic acids is 1. The van der Waals surface area contributed by atoms with Crippen molar-refractivity contribution in [2.45, 2.75) is 19.3 Å². The number of unbranched alkanes of at least 4 members (excludes halogenated alkanes) is 2. The molecule has 0 radical (unpaired) electrons. The van der Waals surface area contributed by atoms with Crippen molar-refractivity contribution in [1.29, 1.82) is 0 Å². The smallest absolute Gasteiger partial charge is 0.343 e. The molecule has 0 aliphatic heterocycles. The summed E-state index contributed by atoms with van der Waals surface area (Å²) in [7, 11) is 1.59. The van der Waals surface area contributed by atoms with Crippen LogP contribution >= 0.6 is 0 Å². The standard InChI is InChI=1S/C26H26O4/c1-3-4-5-6-19-29-24-13-11-21(12-14-24)20-7-9-22(10-8-20)26(27)30-25-17-15-23(28-2)16-18-25/h3,7-18H,1,4-6,19H2,2H3. The molecule has 154 valence electrons. The molecule has 0 aliphatic carbocycles. The van der Waals surface area contributed by atoms with Gasteiger partial charge in [0.25, 0.3) is 0 Å². The minimum atomic E-state index is -0.396. The molecular weight excluding hydrogens is 376 g/mol. The van der Waals surface area contributed by atoms with E-state index in [9.17, 15) is 4.79 Å². The van der Waals surface area contributed by atoms with Crippen LogP contribution in [0.2, 0.25) is 0 Å². The van der Waals surface area contributed by atoms with Gasteiger partial charge in [0.2, 0.25) is 0 Å². The first-order valence-electron chi connectivity index (χ1n) is 10.00. The second-order valence-electron chi connectivity index (χ2n) is 6.80. The molecule has 0 spiro atoms. The predicted octanol–water partition coefficient (Wildman–Crippen LogP) is 6.32. The van der Waals surface area contributed by atoms with Crippen molar-refractivity contribution in [2.75, 3.05) is 13.7 Å². The average Bonchev–Trinajstić information content (AvgIpc) is 2.80. The number of carbonyl (C=O) groups is 1. The summed E-state index contributed by atoms with van der Waals surface area (Å²) in [5.74, 6) is 1.65. The van der Waals surface area contributed by atoms with E-state index >= 15 is 0 Å². The van der Waals surface area contributed by atoms with E-state index in [1.165, 1.54) is 0 Å². The number of ether oxygens (including phenoxy) is 3. The summed E-state index contributed by atoms with van der Waals surface area (Å²) in [6, 6.07) is 22.2. The van der Waals surface area contributed by atoms with Crippen molar-refractivity contribution in [3.63, 3.8) is 0 Å². The van der Waals surface area contributed by atoms with Crippen molar-refractivity contribution in [1.82, 2.24) is 0 Å². The molecule has 0 saturated heterocycles. The van der Waals surface area contributed by atoms with E-state index in [1.807, 2.05) is 42.5 Å². The van der Waals surface area contributed by atoms with Crippen LogP contribution < -0.4 is 14.2 Å². The van der Waals surface area contributed by atoms with Gasteiger partial charge in [-0.2, -0.15) is 0 Å². The highest BCUT2D eigenvalue weighted by Gasteiger charge is 2.09. The third kappa shape index (κ3) is 5.98. The van der Waals surface area contributed by atoms with Crippen LogP contribution in [0.5, 0.6) is 17.2 Å². The van der Waals surface area contributed by atoms with Crippen molar-refractivity contribution < 1.29 is 19.0 Å². The molecule has 0 aliphatic rings. The van der Waals surface area contributed by atoms with Gasteiger partial charge in [0.1, 0.15) is 17.2 Å².